The number of nitrogens with zero attached hydrogens (tertiary/aromatic N) is 2. The predicted octanol–water partition coefficient (Wildman–Crippen LogP) is 4.25. The summed E-state index contributed by atoms with van der Waals surface area (Å²) in [5.74, 6) is 0.749. The van der Waals surface area contributed by atoms with Crippen molar-refractivity contribution in [2.75, 3.05) is 0 Å². The third-order valence-corrected chi connectivity index (χ3v) is 4.46. The quantitative estimate of drug-likeness (QED) is 0.658. The van der Waals surface area contributed by atoms with Gasteiger partial charge >= 0.3 is 0 Å². The SMILES string of the molecule is C(=Nc1nc2c(s1)-c1ccccc1CC2)c1ccco1. The van der Waals surface area contributed by atoms with Gasteiger partial charge in [-0.3, -0.25) is 0 Å². The minimum Gasteiger partial charge on any atom is -0.463 e. The van der Waals surface area contributed by atoms with Crippen molar-refractivity contribution in [2.45, 2.75) is 12.8 Å². The molecule has 0 atom stereocenters. The van der Waals surface area contributed by atoms with Crippen LogP contribution in [0.2, 0.25) is 0 Å². The van der Waals surface area contributed by atoms with Crippen molar-refractivity contribution in [3.8, 4) is 10.4 Å². The molecule has 0 fully saturated rings. The van der Waals surface area contributed by atoms with E-state index < -0.39 is 0 Å². The Morgan fingerprint density at radius 3 is 3.00 bits per heavy atom. The normalized spacial score (nSPS) is 13.4. The molecule has 3 aromatic rings. The Bertz CT molecular complexity index is 772. The average molecular weight is 280 g/mol. The number of aryl methyl sites for hydroxylation is 2. The Kier molecular flexibility index (Phi) is 2.74. The first-order valence-corrected chi connectivity index (χ1v) is 7.37. The van der Waals surface area contributed by atoms with E-state index in [2.05, 4.69) is 34.2 Å². The van der Waals surface area contributed by atoms with Crippen molar-refractivity contribution in [3.63, 3.8) is 0 Å². The van der Waals surface area contributed by atoms with Gasteiger partial charge in [-0.05, 0) is 36.1 Å². The van der Waals surface area contributed by atoms with Gasteiger partial charge in [0.25, 0.3) is 0 Å². The second-order valence-corrected chi connectivity index (χ2v) is 5.68. The Hall–Kier alpha value is -2.20. The summed E-state index contributed by atoms with van der Waals surface area (Å²) in [5.41, 5.74) is 3.89. The lowest BCUT2D eigenvalue weighted by molar-refractivity contribution is 0.560. The Morgan fingerprint density at radius 2 is 2.10 bits per heavy atom. The monoisotopic (exact) mass is 280 g/mol. The number of thiazole rings is 1. The van der Waals surface area contributed by atoms with E-state index in [4.69, 9.17) is 4.42 Å². The number of aromatic nitrogens is 1. The van der Waals surface area contributed by atoms with E-state index in [0.717, 1.165) is 23.7 Å². The van der Waals surface area contributed by atoms with E-state index in [0.29, 0.717) is 0 Å². The summed E-state index contributed by atoms with van der Waals surface area (Å²) in [4.78, 5) is 10.3. The van der Waals surface area contributed by atoms with Crippen LogP contribution in [-0.4, -0.2) is 11.2 Å². The average Bonchev–Trinajstić information content (AvgIpc) is 3.14. The molecule has 0 amide bonds. The molecule has 4 rings (SSSR count). The van der Waals surface area contributed by atoms with Crippen LogP contribution in [0.15, 0.2) is 52.1 Å². The maximum absolute atomic E-state index is 5.24. The van der Waals surface area contributed by atoms with Crippen LogP contribution in [0.25, 0.3) is 10.4 Å². The van der Waals surface area contributed by atoms with Crippen LogP contribution in [0, 0.1) is 0 Å². The molecule has 1 aliphatic carbocycles. The molecule has 0 saturated heterocycles. The van der Waals surface area contributed by atoms with Gasteiger partial charge in [-0.25, -0.2) is 9.98 Å². The lowest BCUT2D eigenvalue weighted by atomic mass is 9.94. The van der Waals surface area contributed by atoms with Gasteiger partial charge in [-0.15, -0.1) is 0 Å². The second kappa shape index (κ2) is 4.72. The summed E-state index contributed by atoms with van der Waals surface area (Å²) in [6, 6.07) is 12.3. The first-order chi connectivity index (χ1) is 9.90. The molecule has 1 aromatic carbocycles. The molecule has 0 unspecified atom stereocenters. The van der Waals surface area contributed by atoms with E-state index >= 15 is 0 Å². The molecule has 0 radical (unpaired) electrons. The van der Waals surface area contributed by atoms with Crippen LogP contribution in [0.4, 0.5) is 5.13 Å². The predicted molar refractivity (Wildman–Crippen MR) is 80.9 cm³/mol. The maximum Gasteiger partial charge on any atom is 0.210 e. The van der Waals surface area contributed by atoms with Gasteiger partial charge in [0.15, 0.2) is 0 Å². The Labute approximate surface area is 120 Å². The first-order valence-electron chi connectivity index (χ1n) is 6.56. The second-order valence-electron chi connectivity index (χ2n) is 4.70. The van der Waals surface area contributed by atoms with Crippen LogP contribution in [0.1, 0.15) is 17.0 Å². The minimum atomic E-state index is 0.749. The largest absolute Gasteiger partial charge is 0.463 e. The lowest BCUT2D eigenvalue weighted by Gasteiger charge is -2.13. The van der Waals surface area contributed by atoms with Crippen LogP contribution in [0.3, 0.4) is 0 Å². The highest BCUT2D eigenvalue weighted by molar-refractivity contribution is 7.18. The lowest BCUT2D eigenvalue weighted by Crippen LogP contribution is -2.01. The molecule has 0 bridgehead atoms. The van der Waals surface area contributed by atoms with Gasteiger partial charge in [-0.1, -0.05) is 35.6 Å². The van der Waals surface area contributed by atoms with E-state index in [-0.39, 0.29) is 0 Å². The fraction of sp³-hybridized carbons (Fsp3) is 0.125. The topological polar surface area (TPSA) is 38.4 Å². The van der Waals surface area contributed by atoms with Crippen molar-refractivity contribution < 1.29 is 4.42 Å². The molecule has 2 aromatic heterocycles. The van der Waals surface area contributed by atoms with Gasteiger partial charge in [-0.2, -0.15) is 0 Å². The molecule has 98 valence electrons. The first kappa shape index (κ1) is 11.6. The van der Waals surface area contributed by atoms with Crippen molar-refractivity contribution >= 4 is 22.7 Å². The third-order valence-electron chi connectivity index (χ3n) is 3.42. The van der Waals surface area contributed by atoms with Crippen LogP contribution in [0.5, 0.6) is 0 Å². The third kappa shape index (κ3) is 1.98. The highest BCUT2D eigenvalue weighted by Gasteiger charge is 2.19. The van der Waals surface area contributed by atoms with Gasteiger partial charge in [0.05, 0.1) is 23.0 Å². The van der Waals surface area contributed by atoms with Gasteiger partial charge in [0.2, 0.25) is 5.13 Å². The molecule has 0 N–H and O–H groups in total. The number of fused-ring (bicyclic) bond motifs is 3. The van der Waals surface area contributed by atoms with Crippen molar-refractivity contribution in [3.05, 3.63) is 59.7 Å². The molecule has 20 heavy (non-hydrogen) atoms. The smallest absolute Gasteiger partial charge is 0.210 e. The van der Waals surface area contributed by atoms with E-state index in [1.54, 1.807) is 23.8 Å². The highest BCUT2D eigenvalue weighted by atomic mass is 32.1. The molecule has 0 spiro atoms. The van der Waals surface area contributed by atoms with Gasteiger partial charge < -0.3 is 4.42 Å². The standard InChI is InChI=1S/C16H12N2OS/c1-2-6-13-11(4-1)7-8-14-15(13)20-16(18-14)17-10-12-5-3-9-19-12/h1-6,9-10H,7-8H2. The summed E-state index contributed by atoms with van der Waals surface area (Å²) in [7, 11) is 0. The van der Waals surface area contributed by atoms with E-state index in [1.807, 2.05) is 12.1 Å². The fourth-order valence-corrected chi connectivity index (χ4v) is 3.49. The zero-order valence-corrected chi connectivity index (χ0v) is 11.6. The van der Waals surface area contributed by atoms with E-state index in [9.17, 15) is 0 Å². The maximum atomic E-state index is 5.24. The van der Waals surface area contributed by atoms with Crippen LogP contribution < -0.4 is 0 Å². The van der Waals surface area contributed by atoms with Gasteiger partial charge in [0.1, 0.15) is 5.76 Å². The number of hydrogen-bond donors (Lipinski definition) is 0. The number of rotatable bonds is 2. The van der Waals surface area contributed by atoms with Crippen molar-refractivity contribution in [1.29, 1.82) is 0 Å². The molecule has 4 heteroatoms. The summed E-state index contributed by atoms with van der Waals surface area (Å²) in [6.07, 6.45) is 5.42. The summed E-state index contributed by atoms with van der Waals surface area (Å²) >= 11 is 1.65. The number of furan rings is 1. The Morgan fingerprint density at radius 1 is 1.15 bits per heavy atom. The summed E-state index contributed by atoms with van der Waals surface area (Å²) < 4.78 is 5.24. The summed E-state index contributed by atoms with van der Waals surface area (Å²) in [6.45, 7) is 0. The number of aliphatic imine (C=N–C) groups is 1. The van der Waals surface area contributed by atoms with Crippen molar-refractivity contribution in [1.82, 2.24) is 4.98 Å². The minimum absolute atomic E-state index is 0.749. The molecule has 2 heterocycles. The molecule has 0 saturated carbocycles. The highest BCUT2D eigenvalue weighted by Crippen LogP contribution is 2.40. The molecular weight excluding hydrogens is 268 g/mol. The van der Waals surface area contributed by atoms with E-state index in [1.165, 1.54) is 21.7 Å². The number of hydrogen-bond acceptors (Lipinski definition) is 4. The fourth-order valence-electron chi connectivity index (χ4n) is 2.47. The Balaban J connectivity index is 1.72. The zero-order valence-electron chi connectivity index (χ0n) is 10.7. The van der Waals surface area contributed by atoms with Gasteiger partial charge in [0, 0.05) is 0 Å². The molecule has 3 nitrogen and oxygen atoms in total. The zero-order chi connectivity index (χ0) is 13.4. The van der Waals surface area contributed by atoms with Crippen LogP contribution >= 0.6 is 11.3 Å². The van der Waals surface area contributed by atoms with Crippen molar-refractivity contribution in [2.24, 2.45) is 4.99 Å². The molecular formula is C16H12N2OS. The summed E-state index contributed by atoms with van der Waals surface area (Å²) in [5, 5.41) is 0.795. The molecule has 1 aliphatic rings. The number of benzene rings is 1. The van der Waals surface area contributed by atoms with Crippen LogP contribution in [-0.2, 0) is 12.8 Å². The molecule has 0 aliphatic heterocycles.